The smallest absolute Gasteiger partial charge is 0.263 e. The number of carbonyl (C=O) groups is 1. The average molecular weight is 488 g/mol. The van der Waals surface area contributed by atoms with Crippen LogP contribution in [0.3, 0.4) is 0 Å². The lowest BCUT2D eigenvalue weighted by atomic mass is 10.2. The molecule has 0 amide bonds. The fraction of sp³-hybridized carbons (Fsp3) is 0. The fourth-order valence-corrected chi connectivity index (χ4v) is 4.19. The van der Waals surface area contributed by atoms with Gasteiger partial charge in [0.1, 0.15) is 0 Å². The minimum atomic E-state index is -4.05. The Morgan fingerprint density at radius 1 is 0.844 bits per heavy atom. The van der Waals surface area contributed by atoms with Gasteiger partial charge in [0.15, 0.2) is 11.6 Å². The maximum Gasteiger partial charge on any atom is 0.263 e. The first kappa shape index (κ1) is 21.8. The molecule has 3 aromatic carbocycles. The minimum absolute atomic E-state index is 0.0222. The summed E-state index contributed by atoms with van der Waals surface area (Å²) >= 11 is 11.9. The number of carbonyl (C=O) groups excluding carboxylic acids is 1. The van der Waals surface area contributed by atoms with Gasteiger partial charge in [0.2, 0.25) is 0 Å². The largest absolute Gasteiger partial charge is 0.545 e. The Kier molecular flexibility index (Phi) is 5.88. The van der Waals surface area contributed by atoms with Crippen LogP contribution in [0.4, 0.5) is 17.3 Å². The van der Waals surface area contributed by atoms with Crippen molar-refractivity contribution < 1.29 is 18.3 Å². The first-order valence-electron chi connectivity index (χ1n) is 9.06. The number of anilines is 3. The molecule has 2 N–H and O–H groups in total. The SMILES string of the molecule is O=C([O-])c1ccc(Cl)cc1Nc1nc2ccccc2nc1NS(=O)(=O)c1ccc(Cl)cc1. The van der Waals surface area contributed by atoms with Gasteiger partial charge >= 0.3 is 0 Å². The van der Waals surface area contributed by atoms with E-state index in [9.17, 15) is 18.3 Å². The Balaban J connectivity index is 1.82. The normalized spacial score (nSPS) is 11.3. The molecule has 32 heavy (non-hydrogen) atoms. The molecule has 0 radical (unpaired) electrons. The lowest BCUT2D eigenvalue weighted by molar-refractivity contribution is -0.254. The summed E-state index contributed by atoms with van der Waals surface area (Å²) in [5, 5.41) is 15.0. The van der Waals surface area contributed by atoms with Crippen molar-refractivity contribution in [3.05, 3.63) is 82.3 Å². The van der Waals surface area contributed by atoms with Crippen molar-refractivity contribution in [3.8, 4) is 0 Å². The Hall–Kier alpha value is -3.40. The van der Waals surface area contributed by atoms with E-state index in [1.54, 1.807) is 24.3 Å². The number of nitrogens with one attached hydrogen (secondary N) is 2. The zero-order chi connectivity index (χ0) is 22.9. The number of halogens is 2. The Labute approximate surface area is 192 Å². The van der Waals surface area contributed by atoms with Crippen LogP contribution in [0.15, 0.2) is 71.6 Å². The fourth-order valence-electron chi connectivity index (χ4n) is 2.88. The van der Waals surface area contributed by atoms with E-state index in [1.165, 1.54) is 42.5 Å². The molecule has 0 atom stereocenters. The summed E-state index contributed by atoms with van der Waals surface area (Å²) in [6.07, 6.45) is 0. The zero-order valence-electron chi connectivity index (χ0n) is 16.0. The van der Waals surface area contributed by atoms with Gasteiger partial charge in [-0.1, -0.05) is 35.3 Å². The maximum atomic E-state index is 12.9. The van der Waals surface area contributed by atoms with E-state index < -0.39 is 16.0 Å². The standard InChI is InChI=1S/C21H14Cl2N4O4S/c22-12-5-8-14(9-6-12)32(30,31)27-20-19(24-16-3-1-2-4-17(16)25-20)26-18-11-13(23)7-10-15(18)21(28)29/h1-11H,(H,24,26)(H,25,27)(H,28,29)/p-1. The highest BCUT2D eigenvalue weighted by atomic mass is 35.5. The molecule has 0 unspecified atom stereocenters. The number of hydrogen-bond donors (Lipinski definition) is 2. The molecule has 0 bridgehead atoms. The molecule has 1 heterocycles. The van der Waals surface area contributed by atoms with E-state index in [4.69, 9.17) is 23.2 Å². The zero-order valence-corrected chi connectivity index (χ0v) is 18.4. The predicted octanol–water partition coefficient (Wildman–Crippen LogP) is 3.84. The highest BCUT2D eigenvalue weighted by molar-refractivity contribution is 7.92. The summed E-state index contributed by atoms with van der Waals surface area (Å²) in [6.45, 7) is 0. The van der Waals surface area contributed by atoms with Crippen molar-refractivity contribution in [1.29, 1.82) is 0 Å². The number of sulfonamides is 1. The van der Waals surface area contributed by atoms with E-state index >= 15 is 0 Å². The highest BCUT2D eigenvalue weighted by Gasteiger charge is 2.20. The average Bonchev–Trinajstić information content (AvgIpc) is 2.74. The molecule has 11 heteroatoms. The van der Waals surface area contributed by atoms with Crippen molar-refractivity contribution in [2.24, 2.45) is 0 Å². The number of aromatic carboxylic acids is 1. The molecule has 0 fully saturated rings. The molecule has 0 saturated carbocycles. The number of fused-ring (bicyclic) bond motifs is 1. The van der Waals surface area contributed by atoms with Gasteiger partial charge in [0.25, 0.3) is 10.0 Å². The van der Waals surface area contributed by atoms with Crippen LogP contribution in [0.2, 0.25) is 10.0 Å². The molecule has 0 aliphatic heterocycles. The maximum absolute atomic E-state index is 12.9. The van der Waals surface area contributed by atoms with E-state index in [1.807, 2.05) is 0 Å². The van der Waals surface area contributed by atoms with Crippen molar-refractivity contribution in [2.45, 2.75) is 4.90 Å². The number of carboxylic acids is 1. The van der Waals surface area contributed by atoms with Crippen LogP contribution in [0.1, 0.15) is 10.4 Å². The van der Waals surface area contributed by atoms with Crippen LogP contribution in [0.25, 0.3) is 11.0 Å². The summed E-state index contributed by atoms with van der Waals surface area (Å²) in [4.78, 5) is 20.2. The second-order valence-electron chi connectivity index (χ2n) is 6.57. The van der Waals surface area contributed by atoms with Crippen LogP contribution < -0.4 is 15.1 Å². The first-order chi connectivity index (χ1) is 15.2. The Bertz CT molecular complexity index is 1440. The summed E-state index contributed by atoms with van der Waals surface area (Å²) in [5.74, 6) is -1.60. The van der Waals surface area contributed by atoms with Crippen LogP contribution in [-0.2, 0) is 10.0 Å². The summed E-state index contributed by atoms with van der Waals surface area (Å²) in [6, 6.07) is 16.4. The van der Waals surface area contributed by atoms with Crippen LogP contribution in [0, 0.1) is 0 Å². The van der Waals surface area contributed by atoms with E-state index in [0.717, 1.165) is 0 Å². The van der Waals surface area contributed by atoms with Crippen LogP contribution in [0.5, 0.6) is 0 Å². The van der Waals surface area contributed by atoms with Gasteiger partial charge in [-0.05, 0) is 54.6 Å². The number of carboxylic acid groups (broad SMARTS) is 1. The number of hydrogen-bond acceptors (Lipinski definition) is 7. The van der Waals surface area contributed by atoms with Gasteiger partial charge in [0, 0.05) is 15.6 Å². The summed E-state index contributed by atoms with van der Waals surface area (Å²) in [7, 11) is -4.05. The second kappa shape index (κ2) is 8.62. The third kappa shape index (κ3) is 4.59. The van der Waals surface area contributed by atoms with Crippen molar-refractivity contribution in [2.75, 3.05) is 10.0 Å². The predicted molar refractivity (Wildman–Crippen MR) is 121 cm³/mol. The Morgan fingerprint density at radius 3 is 2.06 bits per heavy atom. The van der Waals surface area contributed by atoms with Crippen LogP contribution >= 0.6 is 23.2 Å². The van der Waals surface area contributed by atoms with Crippen molar-refractivity contribution >= 4 is 67.6 Å². The van der Waals surface area contributed by atoms with Gasteiger partial charge in [-0.3, -0.25) is 4.72 Å². The highest BCUT2D eigenvalue weighted by Crippen LogP contribution is 2.30. The molecule has 8 nitrogen and oxygen atoms in total. The van der Waals surface area contributed by atoms with Gasteiger partial charge in [-0.15, -0.1) is 0 Å². The van der Waals surface area contributed by atoms with E-state index in [2.05, 4.69) is 20.0 Å². The van der Waals surface area contributed by atoms with Crippen molar-refractivity contribution in [3.63, 3.8) is 0 Å². The lowest BCUT2D eigenvalue weighted by Gasteiger charge is -2.16. The molecule has 0 saturated heterocycles. The summed E-state index contributed by atoms with van der Waals surface area (Å²) < 4.78 is 28.2. The number of rotatable bonds is 6. The molecule has 0 spiro atoms. The Morgan fingerprint density at radius 2 is 1.44 bits per heavy atom. The number of para-hydroxylation sites is 2. The molecular formula is C21H13Cl2N4O4S-. The van der Waals surface area contributed by atoms with Gasteiger partial charge in [-0.2, -0.15) is 0 Å². The molecule has 4 rings (SSSR count). The number of nitrogens with zero attached hydrogens (tertiary/aromatic N) is 2. The molecule has 4 aromatic rings. The molecule has 0 aliphatic carbocycles. The third-order valence-electron chi connectivity index (χ3n) is 4.38. The van der Waals surface area contributed by atoms with Crippen molar-refractivity contribution in [1.82, 2.24) is 9.97 Å². The lowest BCUT2D eigenvalue weighted by Crippen LogP contribution is -2.23. The molecule has 162 valence electrons. The molecule has 1 aromatic heterocycles. The molecule has 0 aliphatic rings. The summed E-state index contributed by atoms with van der Waals surface area (Å²) in [5.41, 5.74) is 0.768. The van der Waals surface area contributed by atoms with Gasteiger partial charge in [-0.25, -0.2) is 18.4 Å². The van der Waals surface area contributed by atoms with Gasteiger partial charge in [0.05, 0.1) is 27.6 Å². The second-order valence-corrected chi connectivity index (χ2v) is 9.13. The number of benzene rings is 3. The van der Waals surface area contributed by atoms with Crippen LogP contribution in [-0.4, -0.2) is 24.4 Å². The topological polar surface area (TPSA) is 124 Å². The molecular weight excluding hydrogens is 475 g/mol. The third-order valence-corrected chi connectivity index (χ3v) is 6.22. The van der Waals surface area contributed by atoms with E-state index in [-0.39, 0.29) is 32.8 Å². The number of aromatic nitrogens is 2. The first-order valence-corrected chi connectivity index (χ1v) is 11.3. The monoisotopic (exact) mass is 487 g/mol. The van der Waals surface area contributed by atoms with Gasteiger partial charge < -0.3 is 15.2 Å². The van der Waals surface area contributed by atoms with E-state index in [0.29, 0.717) is 16.1 Å². The minimum Gasteiger partial charge on any atom is -0.545 e. The quantitative estimate of drug-likeness (QED) is 0.423.